The molecule has 2 heterocycles. The van der Waals surface area contributed by atoms with Gasteiger partial charge in [0.25, 0.3) is 5.91 Å². The number of halogens is 3. The Labute approximate surface area is 171 Å². The highest BCUT2D eigenvalue weighted by Crippen LogP contribution is 2.28. The number of nitrogens with zero attached hydrogens (tertiary/aromatic N) is 2. The molecule has 0 saturated carbocycles. The van der Waals surface area contributed by atoms with Crippen molar-refractivity contribution < 1.29 is 31.1 Å². The molecule has 0 aliphatic carbocycles. The van der Waals surface area contributed by atoms with Crippen molar-refractivity contribution in [1.29, 1.82) is 0 Å². The fourth-order valence-electron chi connectivity index (χ4n) is 3.12. The highest BCUT2D eigenvalue weighted by atomic mass is 32.2. The van der Waals surface area contributed by atoms with E-state index >= 15 is 0 Å². The topological polar surface area (TPSA) is 88.6 Å². The Kier molecular flexibility index (Phi) is 6.16. The molecule has 1 aromatic heterocycles. The first-order valence-corrected chi connectivity index (χ1v) is 10.5. The summed E-state index contributed by atoms with van der Waals surface area (Å²) in [5, 5.41) is 2.26. The van der Waals surface area contributed by atoms with Crippen molar-refractivity contribution >= 4 is 21.7 Å². The number of rotatable bonds is 4. The average molecular weight is 443 g/mol. The first kappa shape index (κ1) is 22.2. The number of benzene rings is 1. The van der Waals surface area contributed by atoms with Gasteiger partial charge in [-0.2, -0.15) is 17.5 Å². The van der Waals surface area contributed by atoms with Gasteiger partial charge in [-0.1, -0.05) is 12.1 Å². The van der Waals surface area contributed by atoms with Gasteiger partial charge < -0.3 is 10.1 Å². The number of morpholine rings is 1. The molecule has 7 nitrogen and oxygen atoms in total. The smallest absolute Gasteiger partial charge is 0.373 e. The summed E-state index contributed by atoms with van der Waals surface area (Å²) in [5.41, 5.74) is -1.17. The van der Waals surface area contributed by atoms with E-state index in [1.165, 1.54) is 34.6 Å². The molecule has 1 aliphatic heterocycles. The lowest BCUT2D eigenvalue weighted by Gasteiger charge is -2.34. The van der Waals surface area contributed by atoms with Gasteiger partial charge in [0.1, 0.15) is 11.5 Å². The number of carbonyl (C=O) groups excluding carboxylic acids is 1. The maximum Gasteiger partial charge on any atom is 0.433 e. The van der Waals surface area contributed by atoms with Crippen molar-refractivity contribution in [1.82, 2.24) is 9.29 Å². The molecule has 1 saturated heterocycles. The van der Waals surface area contributed by atoms with Crippen molar-refractivity contribution in [2.75, 3.05) is 18.4 Å². The van der Waals surface area contributed by atoms with Gasteiger partial charge in [0, 0.05) is 18.7 Å². The van der Waals surface area contributed by atoms with Gasteiger partial charge >= 0.3 is 6.18 Å². The molecule has 2 unspecified atom stereocenters. The summed E-state index contributed by atoms with van der Waals surface area (Å²) in [5.74, 6) is -1.07. The zero-order valence-corrected chi connectivity index (χ0v) is 17.0. The zero-order chi connectivity index (χ0) is 22.1. The number of aromatic nitrogens is 1. The van der Waals surface area contributed by atoms with Gasteiger partial charge in [-0.25, -0.2) is 13.4 Å². The predicted octanol–water partition coefficient (Wildman–Crippen LogP) is 3.15. The Morgan fingerprint density at radius 3 is 2.40 bits per heavy atom. The van der Waals surface area contributed by atoms with Crippen LogP contribution in [0.5, 0.6) is 0 Å². The number of anilines is 1. The minimum atomic E-state index is -4.65. The van der Waals surface area contributed by atoms with E-state index in [9.17, 15) is 26.4 Å². The Hall–Kier alpha value is -2.50. The summed E-state index contributed by atoms with van der Waals surface area (Å²) in [7, 11) is -3.87. The summed E-state index contributed by atoms with van der Waals surface area (Å²) in [6.07, 6.45) is -5.20. The molecule has 2 aromatic rings. The van der Waals surface area contributed by atoms with Crippen LogP contribution < -0.4 is 5.32 Å². The van der Waals surface area contributed by atoms with Gasteiger partial charge in [-0.15, -0.1) is 0 Å². The highest BCUT2D eigenvalue weighted by molar-refractivity contribution is 7.89. The van der Waals surface area contributed by atoms with Crippen LogP contribution in [0.3, 0.4) is 0 Å². The number of nitrogens with one attached hydrogen (secondary N) is 1. The fraction of sp³-hybridized carbons (Fsp3) is 0.368. The van der Waals surface area contributed by atoms with Crippen LogP contribution in [0.15, 0.2) is 47.4 Å². The SMILES string of the molecule is CC1CN(S(=O)(=O)c2cccc(C(=O)Nc3cccc(C(F)(F)F)n3)c2)CC(C)O1. The number of pyridine rings is 1. The van der Waals surface area contributed by atoms with Gasteiger partial charge in [-0.05, 0) is 44.2 Å². The van der Waals surface area contributed by atoms with E-state index in [1.54, 1.807) is 13.8 Å². The lowest BCUT2D eigenvalue weighted by Crippen LogP contribution is -2.48. The van der Waals surface area contributed by atoms with Gasteiger partial charge in [0.2, 0.25) is 10.0 Å². The molecule has 0 radical (unpaired) electrons. The molecule has 11 heteroatoms. The third kappa shape index (κ3) is 4.97. The molecule has 1 N–H and O–H groups in total. The van der Waals surface area contributed by atoms with E-state index in [0.29, 0.717) is 0 Å². The summed E-state index contributed by atoms with van der Waals surface area (Å²) in [6.45, 7) is 3.89. The fourth-order valence-corrected chi connectivity index (χ4v) is 4.76. The lowest BCUT2D eigenvalue weighted by molar-refractivity contribution is -0.141. The van der Waals surface area contributed by atoms with Crippen LogP contribution in [0.25, 0.3) is 0 Å². The summed E-state index contributed by atoms with van der Waals surface area (Å²) in [4.78, 5) is 15.8. The van der Waals surface area contributed by atoms with E-state index in [4.69, 9.17) is 4.74 Å². The quantitative estimate of drug-likeness (QED) is 0.784. The second kappa shape index (κ2) is 8.32. The molecule has 0 bridgehead atoms. The number of ether oxygens (including phenoxy) is 1. The molecule has 1 fully saturated rings. The van der Waals surface area contributed by atoms with Crippen LogP contribution in [-0.4, -0.2) is 48.9 Å². The average Bonchev–Trinajstić information content (AvgIpc) is 2.67. The normalized spacial score (nSPS) is 20.7. The second-order valence-corrected chi connectivity index (χ2v) is 8.91. The van der Waals surface area contributed by atoms with Crippen LogP contribution in [0.1, 0.15) is 29.9 Å². The molecule has 1 aromatic carbocycles. The maximum absolute atomic E-state index is 13.0. The van der Waals surface area contributed by atoms with Crippen LogP contribution in [0, 0.1) is 0 Å². The first-order valence-electron chi connectivity index (χ1n) is 9.08. The molecule has 1 aliphatic rings. The van der Waals surface area contributed by atoms with Crippen molar-refractivity contribution in [2.45, 2.75) is 37.1 Å². The largest absolute Gasteiger partial charge is 0.433 e. The van der Waals surface area contributed by atoms with Gasteiger partial charge in [0.15, 0.2) is 0 Å². The number of amides is 1. The summed E-state index contributed by atoms with van der Waals surface area (Å²) >= 11 is 0. The van der Waals surface area contributed by atoms with Crippen LogP contribution in [0.2, 0.25) is 0 Å². The lowest BCUT2D eigenvalue weighted by atomic mass is 10.2. The second-order valence-electron chi connectivity index (χ2n) is 6.97. The molecule has 30 heavy (non-hydrogen) atoms. The number of sulfonamides is 1. The summed E-state index contributed by atoms with van der Waals surface area (Å²) < 4.78 is 71.1. The standard InChI is InChI=1S/C19H20F3N3O4S/c1-12-10-25(11-13(2)29-12)30(27,28)15-6-3-5-14(9-15)18(26)24-17-8-4-7-16(23-17)19(20,21)22/h3-9,12-13H,10-11H2,1-2H3,(H,23,24,26). The summed E-state index contributed by atoms with van der Waals surface area (Å²) in [6, 6.07) is 8.42. The van der Waals surface area contributed by atoms with E-state index in [-0.39, 0.29) is 41.6 Å². The third-order valence-corrected chi connectivity index (χ3v) is 6.23. The third-order valence-electron chi connectivity index (χ3n) is 4.40. The Bertz CT molecular complexity index is 1030. The number of carbonyl (C=O) groups is 1. The van der Waals surface area contributed by atoms with Gasteiger partial charge in [0.05, 0.1) is 17.1 Å². The maximum atomic E-state index is 13.0. The monoisotopic (exact) mass is 443 g/mol. The number of alkyl halides is 3. The Morgan fingerprint density at radius 1 is 1.13 bits per heavy atom. The van der Waals surface area contributed by atoms with Gasteiger partial charge in [-0.3, -0.25) is 4.79 Å². The van der Waals surface area contributed by atoms with E-state index in [2.05, 4.69) is 10.3 Å². The Morgan fingerprint density at radius 2 is 1.77 bits per heavy atom. The van der Waals surface area contributed by atoms with E-state index in [0.717, 1.165) is 12.1 Å². The van der Waals surface area contributed by atoms with Crippen molar-refractivity contribution in [2.24, 2.45) is 0 Å². The van der Waals surface area contributed by atoms with Crippen molar-refractivity contribution in [3.05, 3.63) is 53.7 Å². The molecular weight excluding hydrogens is 423 g/mol. The number of hydrogen-bond acceptors (Lipinski definition) is 5. The van der Waals surface area contributed by atoms with E-state index in [1.807, 2.05) is 0 Å². The number of hydrogen-bond donors (Lipinski definition) is 1. The first-order chi connectivity index (χ1) is 14.0. The molecule has 0 spiro atoms. The zero-order valence-electron chi connectivity index (χ0n) is 16.2. The van der Waals surface area contributed by atoms with Crippen LogP contribution >= 0.6 is 0 Å². The van der Waals surface area contributed by atoms with Crippen molar-refractivity contribution in [3.8, 4) is 0 Å². The van der Waals surface area contributed by atoms with Crippen LogP contribution in [-0.2, 0) is 20.9 Å². The molecule has 162 valence electrons. The Balaban J connectivity index is 1.82. The molecule has 1 amide bonds. The minimum Gasteiger partial charge on any atom is -0.373 e. The van der Waals surface area contributed by atoms with Crippen molar-refractivity contribution in [3.63, 3.8) is 0 Å². The highest BCUT2D eigenvalue weighted by Gasteiger charge is 2.33. The molecule has 2 atom stereocenters. The molecule has 3 rings (SSSR count). The molecular formula is C19H20F3N3O4S. The van der Waals surface area contributed by atoms with Crippen LogP contribution in [0.4, 0.5) is 19.0 Å². The van der Waals surface area contributed by atoms with E-state index < -0.39 is 27.8 Å². The minimum absolute atomic E-state index is 0.0235. The predicted molar refractivity (Wildman–Crippen MR) is 102 cm³/mol.